The number of para-hydroxylation sites is 1. The first kappa shape index (κ1) is 24.1. The summed E-state index contributed by atoms with van der Waals surface area (Å²) in [7, 11) is 0. The lowest BCUT2D eigenvalue weighted by Gasteiger charge is -2.45. The number of ether oxygens (including phenoxy) is 1. The molecule has 3 atom stereocenters. The van der Waals surface area contributed by atoms with Crippen LogP contribution >= 0.6 is 0 Å². The minimum absolute atomic E-state index is 0.245. The van der Waals surface area contributed by atoms with E-state index < -0.39 is 36.4 Å². The van der Waals surface area contributed by atoms with Crippen molar-refractivity contribution in [2.24, 2.45) is 11.8 Å². The van der Waals surface area contributed by atoms with Crippen LogP contribution in [0.1, 0.15) is 52.1 Å². The number of aryl methyl sites for hydroxylation is 2. The van der Waals surface area contributed by atoms with Crippen LogP contribution in [-0.4, -0.2) is 41.2 Å². The van der Waals surface area contributed by atoms with Crippen molar-refractivity contribution < 1.29 is 23.9 Å². The molecule has 1 heterocycles. The molecular weight excluding hydrogens is 480 g/mol. The lowest BCUT2D eigenvalue weighted by molar-refractivity contribution is -0.159. The summed E-state index contributed by atoms with van der Waals surface area (Å²) in [5.74, 6) is -3.62. The van der Waals surface area contributed by atoms with Crippen LogP contribution in [0.4, 0.5) is 5.69 Å². The van der Waals surface area contributed by atoms with Gasteiger partial charge in [-0.15, -0.1) is 0 Å². The number of anilines is 1. The summed E-state index contributed by atoms with van der Waals surface area (Å²) in [6.45, 7) is 4.73. The van der Waals surface area contributed by atoms with Crippen LogP contribution in [0.25, 0.3) is 0 Å². The molecule has 4 aliphatic rings. The zero-order chi connectivity index (χ0) is 26.7. The minimum atomic E-state index is -1.14. The van der Waals surface area contributed by atoms with E-state index in [9.17, 15) is 19.2 Å². The van der Waals surface area contributed by atoms with Gasteiger partial charge < -0.3 is 10.1 Å². The van der Waals surface area contributed by atoms with E-state index in [-0.39, 0.29) is 23.7 Å². The van der Waals surface area contributed by atoms with Gasteiger partial charge in [0.05, 0.1) is 11.8 Å². The van der Waals surface area contributed by atoms with Crippen LogP contribution in [0.3, 0.4) is 0 Å². The number of nitrogens with one attached hydrogen (secondary N) is 1. The van der Waals surface area contributed by atoms with Crippen molar-refractivity contribution in [2.75, 3.05) is 11.9 Å². The van der Waals surface area contributed by atoms with E-state index in [1.807, 2.05) is 80.6 Å². The van der Waals surface area contributed by atoms with E-state index >= 15 is 0 Å². The summed E-state index contributed by atoms with van der Waals surface area (Å²) in [5.41, 5.74) is 6.73. The predicted molar refractivity (Wildman–Crippen MR) is 140 cm³/mol. The van der Waals surface area contributed by atoms with Crippen molar-refractivity contribution >= 4 is 29.4 Å². The summed E-state index contributed by atoms with van der Waals surface area (Å²) >= 11 is 0. The predicted octanol–water partition coefficient (Wildman–Crippen LogP) is 4.07. The highest BCUT2D eigenvalue weighted by atomic mass is 16.5. The van der Waals surface area contributed by atoms with Crippen LogP contribution in [0.5, 0.6) is 0 Å². The second-order valence-corrected chi connectivity index (χ2v) is 10.4. The number of rotatable bonds is 5. The summed E-state index contributed by atoms with van der Waals surface area (Å²) in [6.07, 6.45) is 0. The number of esters is 1. The maximum Gasteiger partial charge on any atom is 0.329 e. The molecule has 1 N–H and O–H groups in total. The molecule has 0 aromatic heterocycles. The largest absolute Gasteiger partial charge is 0.454 e. The molecule has 2 bridgehead atoms. The van der Waals surface area contributed by atoms with Gasteiger partial charge in [0, 0.05) is 17.5 Å². The topological polar surface area (TPSA) is 92.8 Å². The third-order valence-electron chi connectivity index (χ3n) is 8.30. The molecule has 38 heavy (non-hydrogen) atoms. The van der Waals surface area contributed by atoms with Gasteiger partial charge in [-0.2, -0.15) is 0 Å². The molecule has 1 aliphatic heterocycles. The van der Waals surface area contributed by atoms with E-state index in [0.29, 0.717) is 5.69 Å². The van der Waals surface area contributed by atoms with Crippen molar-refractivity contribution in [3.63, 3.8) is 0 Å². The van der Waals surface area contributed by atoms with Gasteiger partial charge in [-0.3, -0.25) is 19.3 Å². The van der Waals surface area contributed by atoms with Gasteiger partial charge in [-0.05, 0) is 54.2 Å². The molecule has 7 rings (SSSR count). The molecule has 7 nitrogen and oxygen atoms in total. The molecule has 3 amide bonds. The van der Waals surface area contributed by atoms with Crippen LogP contribution in [0.2, 0.25) is 0 Å². The minimum Gasteiger partial charge on any atom is -0.454 e. The Hall–Kier alpha value is -4.26. The second kappa shape index (κ2) is 8.94. The van der Waals surface area contributed by atoms with E-state index in [2.05, 4.69) is 5.32 Å². The molecular formula is C31H28N2O5. The number of hydrogen-bond acceptors (Lipinski definition) is 5. The van der Waals surface area contributed by atoms with Gasteiger partial charge in [0.1, 0.15) is 6.04 Å². The van der Waals surface area contributed by atoms with E-state index in [1.54, 1.807) is 0 Å². The lowest BCUT2D eigenvalue weighted by Crippen LogP contribution is -2.45. The number of likely N-dealkylation sites (tertiary alicyclic amines) is 1. The molecule has 0 saturated carbocycles. The average molecular weight is 509 g/mol. The fraction of sp³-hybridized carbons (Fsp3) is 0.290. The third-order valence-corrected chi connectivity index (χ3v) is 8.30. The molecule has 1 fully saturated rings. The first-order chi connectivity index (χ1) is 18.3. The Labute approximate surface area is 220 Å². The Kier molecular flexibility index (Phi) is 5.67. The van der Waals surface area contributed by atoms with Crippen LogP contribution in [0, 0.1) is 25.7 Å². The van der Waals surface area contributed by atoms with Gasteiger partial charge in [-0.1, -0.05) is 66.7 Å². The normalized spacial score (nSPS) is 23.4. The summed E-state index contributed by atoms with van der Waals surface area (Å²) in [5, 5.41) is 2.78. The number of benzene rings is 3. The number of carbonyl (C=O) groups excluding carboxylic acids is 4. The van der Waals surface area contributed by atoms with Crippen molar-refractivity contribution in [1.82, 2.24) is 4.90 Å². The molecule has 1 saturated heterocycles. The van der Waals surface area contributed by atoms with Gasteiger partial charge in [0.2, 0.25) is 11.8 Å². The molecule has 0 unspecified atom stereocenters. The molecule has 0 spiro atoms. The zero-order valence-corrected chi connectivity index (χ0v) is 21.4. The van der Waals surface area contributed by atoms with Gasteiger partial charge in [-0.25, -0.2) is 4.79 Å². The first-order valence-electron chi connectivity index (χ1n) is 12.9. The Morgan fingerprint density at radius 1 is 0.789 bits per heavy atom. The smallest absolute Gasteiger partial charge is 0.329 e. The number of hydrogen-bond donors (Lipinski definition) is 1. The van der Waals surface area contributed by atoms with Crippen LogP contribution in [-0.2, 0) is 23.9 Å². The Morgan fingerprint density at radius 3 is 1.68 bits per heavy atom. The summed E-state index contributed by atoms with van der Waals surface area (Å²) in [4.78, 5) is 54.1. The van der Waals surface area contributed by atoms with Gasteiger partial charge >= 0.3 is 5.97 Å². The van der Waals surface area contributed by atoms with Crippen molar-refractivity contribution in [2.45, 2.75) is 38.6 Å². The molecule has 192 valence electrons. The Balaban J connectivity index is 1.22. The van der Waals surface area contributed by atoms with Crippen molar-refractivity contribution in [1.29, 1.82) is 0 Å². The van der Waals surface area contributed by atoms with Crippen LogP contribution in [0.15, 0.2) is 66.7 Å². The fourth-order valence-electron chi connectivity index (χ4n) is 6.63. The number of imide groups is 1. The maximum atomic E-state index is 13.8. The molecule has 3 aromatic rings. The maximum absolute atomic E-state index is 13.8. The SMILES string of the molecule is Cc1cccc(C)c1NC(=O)COC(=O)[C@@H](C)N1C(=O)[C@@H]2C3c4ccccc4C(c4ccccc43)[C@@H]2C1=O. The number of carbonyl (C=O) groups is 4. The Bertz CT molecular complexity index is 1380. The molecule has 3 aromatic carbocycles. The highest BCUT2D eigenvalue weighted by Gasteiger charge is 2.62. The van der Waals surface area contributed by atoms with E-state index in [4.69, 9.17) is 4.74 Å². The average Bonchev–Trinajstić information content (AvgIpc) is 3.19. The van der Waals surface area contributed by atoms with E-state index in [0.717, 1.165) is 38.3 Å². The third kappa shape index (κ3) is 3.49. The van der Waals surface area contributed by atoms with Gasteiger partial charge in [0.25, 0.3) is 5.91 Å². The summed E-state index contributed by atoms with van der Waals surface area (Å²) in [6, 6.07) is 20.5. The fourth-order valence-corrected chi connectivity index (χ4v) is 6.63. The lowest BCUT2D eigenvalue weighted by atomic mass is 9.55. The number of nitrogens with zero attached hydrogens (tertiary/aromatic N) is 1. The Morgan fingerprint density at radius 2 is 1.24 bits per heavy atom. The van der Waals surface area contributed by atoms with Crippen LogP contribution < -0.4 is 5.32 Å². The zero-order valence-electron chi connectivity index (χ0n) is 21.4. The van der Waals surface area contributed by atoms with Gasteiger partial charge in [0.15, 0.2) is 6.61 Å². The first-order valence-corrected chi connectivity index (χ1v) is 12.9. The molecule has 3 aliphatic carbocycles. The van der Waals surface area contributed by atoms with Crippen molar-refractivity contribution in [3.05, 3.63) is 100 Å². The summed E-state index contributed by atoms with van der Waals surface area (Å²) < 4.78 is 5.28. The molecule has 0 radical (unpaired) electrons. The second-order valence-electron chi connectivity index (χ2n) is 10.4. The number of amides is 3. The quantitative estimate of drug-likeness (QED) is 0.414. The highest BCUT2D eigenvalue weighted by Crippen LogP contribution is 2.61. The molecule has 7 heteroatoms. The highest BCUT2D eigenvalue weighted by molar-refractivity contribution is 6.10. The standard InChI is InChI=1S/C31H28N2O5/c1-16-9-8-10-17(2)28(16)32-23(34)15-38-31(37)18(3)33-29(35)26-24-19-11-4-5-12-20(19)25(27(26)30(33)36)22-14-7-6-13-21(22)24/h4-14,18,24-27H,15H2,1-3H3,(H,32,34)/t18-,24?,25?,26-,27+/m1/s1. The monoisotopic (exact) mass is 508 g/mol. The van der Waals surface area contributed by atoms with Crippen molar-refractivity contribution in [3.8, 4) is 0 Å². The van der Waals surface area contributed by atoms with E-state index in [1.165, 1.54) is 6.92 Å².